The average Bonchev–Trinajstić information content (AvgIpc) is 3.07. The van der Waals surface area contributed by atoms with Gasteiger partial charge < -0.3 is 4.52 Å². The van der Waals surface area contributed by atoms with Gasteiger partial charge >= 0.3 is 0 Å². The van der Waals surface area contributed by atoms with Gasteiger partial charge in [-0.05, 0) is 55.4 Å². The topological polar surface area (TPSA) is 85.1 Å². The first-order valence-electron chi connectivity index (χ1n) is 8.89. The van der Waals surface area contributed by atoms with Gasteiger partial charge in [0.05, 0.1) is 4.90 Å². The lowest BCUT2D eigenvalue weighted by atomic mass is 9.92. The van der Waals surface area contributed by atoms with E-state index in [0.29, 0.717) is 36.0 Å². The van der Waals surface area contributed by atoms with E-state index in [4.69, 9.17) is 4.52 Å². The maximum atomic E-state index is 12.5. The van der Waals surface area contributed by atoms with Gasteiger partial charge in [0.25, 0.3) is 0 Å². The van der Waals surface area contributed by atoms with Gasteiger partial charge in [-0.25, -0.2) is 13.1 Å². The summed E-state index contributed by atoms with van der Waals surface area (Å²) in [4.78, 5) is 4.65. The first-order chi connectivity index (χ1) is 12.0. The standard InChI is InChI=1S/C18H25N3O3S/c1-13(2)18-20-17(24-21-18)8-5-11-19-25(22,23)16-10-9-14-6-3-4-7-15(14)12-16/h9-10,12-13,19H,3-8,11H2,1-2H3. The fraction of sp³-hybridized carbons (Fsp3) is 0.556. The molecular weight excluding hydrogens is 338 g/mol. The molecule has 0 aliphatic heterocycles. The Kier molecular flexibility index (Phi) is 5.54. The van der Waals surface area contributed by atoms with Crippen molar-refractivity contribution >= 4 is 10.0 Å². The summed E-state index contributed by atoms with van der Waals surface area (Å²) in [6.45, 7) is 4.35. The van der Waals surface area contributed by atoms with Crippen LogP contribution in [0.3, 0.4) is 0 Å². The van der Waals surface area contributed by atoms with Gasteiger partial charge in [0.1, 0.15) is 0 Å². The van der Waals surface area contributed by atoms with Gasteiger partial charge in [0.2, 0.25) is 15.9 Å². The van der Waals surface area contributed by atoms with E-state index in [-0.39, 0.29) is 5.92 Å². The maximum Gasteiger partial charge on any atom is 0.240 e. The van der Waals surface area contributed by atoms with E-state index >= 15 is 0 Å². The number of sulfonamides is 1. The van der Waals surface area contributed by atoms with Crippen molar-refractivity contribution in [1.29, 1.82) is 0 Å². The predicted octanol–water partition coefficient (Wildman–Crippen LogP) is 2.98. The molecule has 1 aromatic heterocycles. The first kappa shape index (κ1) is 18.1. The Balaban J connectivity index is 1.54. The second-order valence-electron chi connectivity index (χ2n) is 6.84. The highest BCUT2D eigenvalue weighted by Gasteiger charge is 2.17. The van der Waals surface area contributed by atoms with Crippen molar-refractivity contribution in [1.82, 2.24) is 14.9 Å². The second-order valence-corrected chi connectivity index (χ2v) is 8.61. The third kappa shape index (κ3) is 4.46. The number of aryl methyl sites for hydroxylation is 3. The molecule has 6 nitrogen and oxygen atoms in total. The summed E-state index contributed by atoms with van der Waals surface area (Å²) in [5.41, 5.74) is 2.45. The highest BCUT2D eigenvalue weighted by Crippen LogP contribution is 2.24. The van der Waals surface area contributed by atoms with Crippen LogP contribution in [-0.2, 0) is 29.3 Å². The number of nitrogens with zero attached hydrogens (tertiary/aromatic N) is 2. The van der Waals surface area contributed by atoms with Crippen molar-refractivity contribution in [2.75, 3.05) is 6.54 Å². The molecule has 1 aromatic carbocycles. The highest BCUT2D eigenvalue weighted by atomic mass is 32.2. The maximum absolute atomic E-state index is 12.5. The lowest BCUT2D eigenvalue weighted by Crippen LogP contribution is -2.25. The van der Waals surface area contributed by atoms with Gasteiger partial charge in [-0.15, -0.1) is 0 Å². The number of nitrogens with one attached hydrogen (secondary N) is 1. The SMILES string of the molecule is CC(C)c1noc(CCCNS(=O)(=O)c2ccc3c(c2)CCCC3)n1. The Morgan fingerprint density at radius 1 is 1.20 bits per heavy atom. The van der Waals surface area contributed by atoms with Crippen LogP contribution in [0, 0.1) is 0 Å². The number of hydrogen-bond donors (Lipinski definition) is 1. The molecule has 136 valence electrons. The molecule has 1 heterocycles. The Hall–Kier alpha value is -1.73. The van der Waals surface area contributed by atoms with Crippen molar-refractivity contribution in [3.8, 4) is 0 Å². The largest absolute Gasteiger partial charge is 0.339 e. The zero-order valence-corrected chi connectivity index (χ0v) is 15.6. The molecular formula is C18H25N3O3S. The molecule has 0 unspecified atom stereocenters. The van der Waals surface area contributed by atoms with Crippen molar-refractivity contribution in [3.05, 3.63) is 41.0 Å². The van der Waals surface area contributed by atoms with Crippen LogP contribution in [0.25, 0.3) is 0 Å². The molecule has 0 amide bonds. The fourth-order valence-electron chi connectivity index (χ4n) is 3.01. The minimum absolute atomic E-state index is 0.222. The van der Waals surface area contributed by atoms with E-state index in [1.165, 1.54) is 17.5 Å². The summed E-state index contributed by atoms with van der Waals surface area (Å²) >= 11 is 0. The molecule has 2 aromatic rings. The van der Waals surface area contributed by atoms with Crippen molar-refractivity contribution < 1.29 is 12.9 Å². The summed E-state index contributed by atoms with van der Waals surface area (Å²) in [6.07, 6.45) is 5.51. The van der Waals surface area contributed by atoms with Gasteiger partial charge in [-0.3, -0.25) is 0 Å². The third-order valence-corrected chi connectivity index (χ3v) is 5.95. The van der Waals surface area contributed by atoms with E-state index in [1.54, 1.807) is 6.07 Å². The van der Waals surface area contributed by atoms with Crippen LogP contribution in [0.2, 0.25) is 0 Å². The predicted molar refractivity (Wildman–Crippen MR) is 95.0 cm³/mol. The van der Waals surface area contributed by atoms with Gasteiger partial charge in [-0.2, -0.15) is 4.98 Å². The molecule has 1 aliphatic carbocycles. The Labute approximate surface area is 149 Å². The van der Waals surface area contributed by atoms with E-state index < -0.39 is 10.0 Å². The van der Waals surface area contributed by atoms with Crippen molar-refractivity contribution in [2.24, 2.45) is 0 Å². The fourth-order valence-corrected chi connectivity index (χ4v) is 4.13. The van der Waals surface area contributed by atoms with Crippen molar-refractivity contribution in [3.63, 3.8) is 0 Å². The summed E-state index contributed by atoms with van der Waals surface area (Å²) in [5, 5.41) is 3.91. The lowest BCUT2D eigenvalue weighted by molar-refractivity contribution is 0.368. The molecule has 0 bridgehead atoms. The summed E-state index contributed by atoms with van der Waals surface area (Å²) in [5.74, 6) is 1.46. The van der Waals surface area contributed by atoms with Crippen LogP contribution in [0.15, 0.2) is 27.6 Å². The summed E-state index contributed by atoms with van der Waals surface area (Å²) in [7, 11) is -3.47. The Morgan fingerprint density at radius 2 is 1.96 bits per heavy atom. The molecule has 0 saturated carbocycles. The van der Waals surface area contributed by atoms with Crippen LogP contribution in [0.4, 0.5) is 0 Å². The number of rotatable bonds is 7. The van der Waals surface area contributed by atoms with Gasteiger partial charge in [0.15, 0.2) is 5.82 Å². The van der Waals surface area contributed by atoms with Crippen LogP contribution in [0.1, 0.15) is 61.9 Å². The molecule has 0 spiro atoms. The molecule has 0 fully saturated rings. The number of fused-ring (bicyclic) bond motifs is 1. The molecule has 25 heavy (non-hydrogen) atoms. The zero-order valence-electron chi connectivity index (χ0n) is 14.8. The first-order valence-corrected chi connectivity index (χ1v) is 10.4. The van der Waals surface area contributed by atoms with E-state index in [2.05, 4.69) is 14.9 Å². The van der Waals surface area contributed by atoms with Gasteiger partial charge in [-0.1, -0.05) is 25.1 Å². The van der Waals surface area contributed by atoms with Crippen molar-refractivity contribution in [2.45, 2.75) is 63.2 Å². The number of aromatic nitrogens is 2. The lowest BCUT2D eigenvalue weighted by Gasteiger charge is -2.16. The normalized spacial score (nSPS) is 14.7. The number of hydrogen-bond acceptors (Lipinski definition) is 5. The molecule has 0 saturated heterocycles. The summed E-state index contributed by atoms with van der Waals surface area (Å²) < 4.78 is 32.8. The van der Waals surface area contributed by atoms with E-state index in [0.717, 1.165) is 19.3 Å². The molecule has 1 N–H and O–H groups in total. The average molecular weight is 363 g/mol. The second kappa shape index (κ2) is 7.66. The Morgan fingerprint density at radius 3 is 2.68 bits per heavy atom. The van der Waals surface area contributed by atoms with Crippen LogP contribution in [-0.4, -0.2) is 25.1 Å². The molecule has 0 atom stereocenters. The third-order valence-electron chi connectivity index (χ3n) is 4.49. The van der Waals surface area contributed by atoms with Crippen LogP contribution < -0.4 is 4.72 Å². The molecule has 7 heteroatoms. The van der Waals surface area contributed by atoms with Crippen LogP contribution in [0.5, 0.6) is 0 Å². The highest BCUT2D eigenvalue weighted by molar-refractivity contribution is 7.89. The molecule has 0 radical (unpaired) electrons. The van der Waals surface area contributed by atoms with Gasteiger partial charge in [0, 0.05) is 18.9 Å². The minimum Gasteiger partial charge on any atom is -0.339 e. The monoisotopic (exact) mass is 363 g/mol. The molecule has 1 aliphatic rings. The minimum atomic E-state index is -3.47. The molecule has 3 rings (SSSR count). The van der Waals surface area contributed by atoms with Crippen LogP contribution >= 0.6 is 0 Å². The zero-order chi connectivity index (χ0) is 17.9. The summed E-state index contributed by atoms with van der Waals surface area (Å²) in [6, 6.07) is 5.48. The smallest absolute Gasteiger partial charge is 0.240 e. The Bertz CT molecular complexity index is 828. The van der Waals surface area contributed by atoms with E-state index in [1.807, 2.05) is 26.0 Å². The number of benzene rings is 1. The quantitative estimate of drug-likeness (QED) is 0.765. The van der Waals surface area contributed by atoms with E-state index in [9.17, 15) is 8.42 Å².